The van der Waals surface area contributed by atoms with Crippen molar-refractivity contribution in [3.8, 4) is 5.75 Å². The Morgan fingerprint density at radius 3 is 1.81 bits per heavy atom. The lowest BCUT2D eigenvalue weighted by atomic mass is 10.0. The zero-order valence-corrected chi connectivity index (χ0v) is 8.11. The second kappa shape index (κ2) is 3.62. The summed E-state index contributed by atoms with van der Waals surface area (Å²) in [5.41, 5.74) is 4.67. The molecule has 0 amide bonds. The van der Waals surface area contributed by atoms with E-state index in [0.29, 0.717) is 12.8 Å². The highest BCUT2D eigenvalue weighted by molar-refractivity contribution is 5.35. The minimum atomic E-state index is -1.80. The van der Waals surface area contributed by atoms with Gasteiger partial charge in [0.25, 0.3) is 0 Å². The van der Waals surface area contributed by atoms with Crippen molar-refractivity contribution in [3.05, 3.63) is 28.8 Å². The van der Waals surface area contributed by atoms with Crippen molar-refractivity contribution in [3.63, 3.8) is 0 Å². The lowest BCUT2D eigenvalue weighted by Crippen LogP contribution is -2.18. The van der Waals surface area contributed by atoms with Gasteiger partial charge in [0.1, 0.15) is 0 Å². The lowest BCUT2D eigenvalue weighted by molar-refractivity contribution is 0.345. The van der Waals surface area contributed by atoms with Gasteiger partial charge in [-0.1, -0.05) is 0 Å². The largest absolute Gasteiger partial charge is 0.503 e. The van der Waals surface area contributed by atoms with Crippen LogP contribution in [0.5, 0.6) is 5.75 Å². The van der Waals surface area contributed by atoms with Crippen molar-refractivity contribution in [1.29, 1.82) is 0 Å². The topological polar surface area (TPSA) is 46.2 Å². The van der Waals surface area contributed by atoms with Crippen LogP contribution >= 0.6 is 0 Å². The molecule has 3 N–H and O–H groups in total. The van der Waals surface area contributed by atoms with E-state index in [1.165, 1.54) is 0 Å². The Balaban J connectivity index is 2.59. The van der Waals surface area contributed by atoms with Crippen LogP contribution in [0.4, 0.5) is 17.6 Å². The van der Waals surface area contributed by atoms with Gasteiger partial charge in [0, 0.05) is 11.6 Å². The lowest BCUT2D eigenvalue weighted by Gasteiger charge is -2.14. The number of aromatic hydroxyl groups is 1. The van der Waals surface area contributed by atoms with Gasteiger partial charge in [0.2, 0.25) is 11.6 Å². The third kappa shape index (κ3) is 1.53. The summed E-state index contributed by atoms with van der Waals surface area (Å²) in [7, 11) is 0. The maximum atomic E-state index is 13.3. The third-order valence-electron chi connectivity index (χ3n) is 2.74. The zero-order chi connectivity index (χ0) is 12.0. The molecule has 1 fully saturated rings. The van der Waals surface area contributed by atoms with Crippen LogP contribution in [0, 0.1) is 29.2 Å². The summed E-state index contributed by atoms with van der Waals surface area (Å²) in [6.45, 7) is 0. The molecule has 0 heterocycles. The van der Waals surface area contributed by atoms with E-state index < -0.39 is 40.6 Å². The zero-order valence-electron chi connectivity index (χ0n) is 8.11. The molecule has 16 heavy (non-hydrogen) atoms. The number of hydrogen-bond acceptors (Lipinski definition) is 2. The molecular weight excluding hydrogens is 226 g/mol. The van der Waals surface area contributed by atoms with Gasteiger partial charge in [-0.15, -0.1) is 0 Å². The van der Waals surface area contributed by atoms with Crippen molar-refractivity contribution in [1.82, 2.24) is 0 Å². The highest BCUT2D eigenvalue weighted by atomic mass is 19.2. The number of phenols is 1. The second-order valence-electron chi connectivity index (χ2n) is 3.88. The monoisotopic (exact) mass is 235 g/mol. The first-order valence-corrected chi connectivity index (χ1v) is 4.75. The van der Waals surface area contributed by atoms with Crippen LogP contribution in [-0.4, -0.2) is 5.11 Å². The molecule has 1 aromatic rings. The summed E-state index contributed by atoms with van der Waals surface area (Å²) >= 11 is 0. The van der Waals surface area contributed by atoms with Crippen LogP contribution in [0.1, 0.15) is 24.4 Å². The van der Waals surface area contributed by atoms with Crippen LogP contribution in [0.15, 0.2) is 0 Å². The molecule has 0 aromatic heterocycles. The quantitative estimate of drug-likeness (QED) is 0.610. The van der Waals surface area contributed by atoms with Gasteiger partial charge in [-0.3, -0.25) is 0 Å². The summed E-state index contributed by atoms with van der Waals surface area (Å²) in [6, 6.07) is -1.08. The van der Waals surface area contributed by atoms with Crippen LogP contribution in [0.25, 0.3) is 0 Å². The van der Waals surface area contributed by atoms with Crippen molar-refractivity contribution in [2.45, 2.75) is 18.9 Å². The summed E-state index contributed by atoms with van der Waals surface area (Å²) in [5.74, 6) is -8.64. The molecule has 1 aliphatic rings. The fourth-order valence-corrected chi connectivity index (χ4v) is 1.62. The van der Waals surface area contributed by atoms with Crippen molar-refractivity contribution < 1.29 is 22.7 Å². The number of nitrogens with two attached hydrogens (primary N) is 1. The molecule has 6 heteroatoms. The molecule has 1 aliphatic carbocycles. The van der Waals surface area contributed by atoms with E-state index >= 15 is 0 Å². The van der Waals surface area contributed by atoms with Crippen LogP contribution in [-0.2, 0) is 0 Å². The Labute approximate surface area is 88.7 Å². The van der Waals surface area contributed by atoms with E-state index in [0.717, 1.165) is 0 Å². The van der Waals surface area contributed by atoms with Crippen LogP contribution in [0.2, 0.25) is 0 Å². The van der Waals surface area contributed by atoms with E-state index in [1.807, 2.05) is 0 Å². The SMILES string of the molecule is NC(c1c(F)c(F)c(O)c(F)c1F)C1CC1. The molecule has 1 saturated carbocycles. The van der Waals surface area contributed by atoms with Crippen LogP contribution < -0.4 is 5.73 Å². The number of halogens is 4. The summed E-state index contributed by atoms with van der Waals surface area (Å²) < 4.78 is 52.6. The Morgan fingerprint density at radius 2 is 1.44 bits per heavy atom. The van der Waals surface area contributed by atoms with Gasteiger partial charge in [-0.2, -0.15) is 8.78 Å². The second-order valence-corrected chi connectivity index (χ2v) is 3.88. The molecular formula is C10H9F4NO. The molecule has 0 saturated heterocycles. The Bertz CT molecular complexity index is 416. The van der Waals surface area contributed by atoms with E-state index in [9.17, 15) is 17.6 Å². The maximum absolute atomic E-state index is 13.3. The van der Waals surface area contributed by atoms with Crippen molar-refractivity contribution in [2.75, 3.05) is 0 Å². The summed E-state index contributed by atoms with van der Waals surface area (Å²) in [4.78, 5) is 0. The maximum Gasteiger partial charge on any atom is 0.204 e. The van der Waals surface area contributed by atoms with Gasteiger partial charge in [-0.25, -0.2) is 8.78 Å². The Morgan fingerprint density at radius 1 is 1.00 bits per heavy atom. The normalized spacial score (nSPS) is 17.6. The number of benzene rings is 1. The molecule has 0 aliphatic heterocycles. The van der Waals surface area contributed by atoms with E-state index in [2.05, 4.69) is 0 Å². The van der Waals surface area contributed by atoms with Gasteiger partial charge in [0.05, 0.1) is 0 Å². The predicted octanol–water partition coefficient (Wildman–Crippen LogP) is 2.36. The van der Waals surface area contributed by atoms with Gasteiger partial charge in [-0.05, 0) is 18.8 Å². The number of rotatable bonds is 2. The molecule has 1 unspecified atom stereocenters. The van der Waals surface area contributed by atoms with Crippen molar-refractivity contribution in [2.24, 2.45) is 11.7 Å². The Hall–Kier alpha value is -1.30. The average molecular weight is 235 g/mol. The number of hydrogen-bond donors (Lipinski definition) is 2. The van der Waals surface area contributed by atoms with E-state index in [-0.39, 0.29) is 5.92 Å². The molecule has 0 spiro atoms. The molecule has 2 nitrogen and oxygen atoms in total. The molecule has 0 bridgehead atoms. The van der Waals surface area contributed by atoms with Crippen LogP contribution in [0.3, 0.4) is 0 Å². The molecule has 88 valence electrons. The number of phenolic OH excluding ortho intramolecular Hbond substituents is 1. The van der Waals surface area contributed by atoms with Gasteiger partial charge in [0.15, 0.2) is 17.4 Å². The fourth-order valence-electron chi connectivity index (χ4n) is 1.62. The first-order valence-electron chi connectivity index (χ1n) is 4.75. The minimum absolute atomic E-state index is 0.160. The van der Waals surface area contributed by atoms with Crippen molar-refractivity contribution >= 4 is 0 Å². The first-order chi connectivity index (χ1) is 7.45. The standard InChI is InChI=1S/C10H9F4NO/c11-5-4(9(15)3-1-2-3)6(12)8(14)10(16)7(5)13/h3,9,16H,1-2,15H2. The summed E-state index contributed by atoms with van der Waals surface area (Å²) in [6.07, 6.45) is 1.34. The molecule has 1 atom stereocenters. The van der Waals surface area contributed by atoms with E-state index in [1.54, 1.807) is 0 Å². The first kappa shape index (κ1) is 11.2. The third-order valence-corrected chi connectivity index (χ3v) is 2.74. The molecule has 0 radical (unpaired) electrons. The predicted molar refractivity (Wildman–Crippen MR) is 47.6 cm³/mol. The average Bonchev–Trinajstić information content (AvgIpc) is 3.07. The minimum Gasteiger partial charge on any atom is -0.503 e. The molecule has 1 aromatic carbocycles. The highest BCUT2D eigenvalue weighted by Gasteiger charge is 2.36. The van der Waals surface area contributed by atoms with E-state index in [4.69, 9.17) is 10.8 Å². The Kier molecular flexibility index (Phi) is 2.53. The van der Waals surface area contributed by atoms with Gasteiger partial charge >= 0.3 is 0 Å². The fraction of sp³-hybridized carbons (Fsp3) is 0.400. The van der Waals surface area contributed by atoms with Gasteiger partial charge < -0.3 is 10.8 Å². The smallest absolute Gasteiger partial charge is 0.204 e. The summed E-state index contributed by atoms with van der Waals surface area (Å²) in [5, 5.41) is 8.76. The molecule has 2 rings (SSSR count). The highest BCUT2D eigenvalue weighted by Crippen LogP contribution is 2.42.